The molecular weight excluding hydrogens is 494 g/mol. The molecule has 0 saturated heterocycles. The second kappa shape index (κ2) is 8.91. The highest BCUT2D eigenvalue weighted by Crippen LogP contribution is 2.38. The van der Waals surface area contributed by atoms with Gasteiger partial charge >= 0.3 is 6.18 Å². The predicted octanol–water partition coefficient (Wildman–Crippen LogP) is 6.99. The molecule has 0 aliphatic carbocycles. The summed E-state index contributed by atoms with van der Waals surface area (Å²) >= 11 is 11.7. The molecule has 0 unspecified atom stereocenters. The van der Waals surface area contributed by atoms with Crippen LogP contribution in [0, 0.1) is 23.3 Å². The molecule has 1 N–H and O–H groups in total. The van der Waals surface area contributed by atoms with E-state index in [1.807, 2.05) is 0 Å². The molecule has 0 radical (unpaired) electrons. The summed E-state index contributed by atoms with van der Waals surface area (Å²) in [5.74, 6) is -12.0. The molecule has 0 saturated carbocycles. The van der Waals surface area contributed by atoms with Crippen LogP contribution in [-0.4, -0.2) is 5.91 Å². The predicted molar refractivity (Wildman–Crippen MR) is 98.7 cm³/mol. The molecule has 13 heteroatoms. The van der Waals surface area contributed by atoms with Crippen molar-refractivity contribution >= 4 is 34.8 Å². The Morgan fingerprint density at radius 1 is 0.969 bits per heavy atom. The average Bonchev–Trinajstić information content (AvgIpc) is 3.17. The minimum atomic E-state index is -5.71. The molecule has 0 atom stereocenters. The molecular formula is C19H8Cl2F7NO3. The maximum Gasteiger partial charge on any atom is 0.422 e. The van der Waals surface area contributed by atoms with Crippen molar-refractivity contribution in [3.05, 3.63) is 80.7 Å². The van der Waals surface area contributed by atoms with Crippen molar-refractivity contribution in [3.63, 3.8) is 0 Å². The van der Waals surface area contributed by atoms with Gasteiger partial charge in [0.1, 0.15) is 29.4 Å². The summed E-state index contributed by atoms with van der Waals surface area (Å²) in [4.78, 5) is 12.1. The van der Waals surface area contributed by atoms with E-state index in [4.69, 9.17) is 32.4 Å². The Bertz CT molecular complexity index is 1170. The Kier molecular flexibility index (Phi) is 6.61. The van der Waals surface area contributed by atoms with E-state index in [1.165, 1.54) is 29.6 Å². The molecule has 1 amide bonds. The normalized spacial score (nSPS) is 11.5. The Labute approximate surface area is 184 Å². The van der Waals surface area contributed by atoms with E-state index in [-0.39, 0.29) is 23.1 Å². The van der Waals surface area contributed by atoms with Gasteiger partial charge in [0.05, 0.1) is 5.02 Å². The zero-order chi connectivity index (χ0) is 23.8. The SMILES string of the molecule is O=C(Nc1c(F)c(F)c(C(F)(F)F)c(F)c1F)c1ccc(COc2ccc(Cl)cc2Cl)o1. The first-order valence-corrected chi connectivity index (χ1v) is 9.06. The summed E-state index contributed by atoms with van der Waals surface area (Å²) < 4.78 is 104. The zero-order valence-electron chi connectivity index (χ0n) is 15.2. The van der Waals surface area contributed by atoms with Gasteiger partial charge in [0.15, 0.2) is 29.0 Å². The molecule has 32 heavy (non-hydrogen) atoms. The first kappa shape index (κ1) is 23.7. The fraction of sp³-hybridized carbons (Fsp3) is 0.105. The van der Waals surface area contributed by atoms with Crippen molar-refractivity contribution < 1.29 is 44.7 Å². The number of ether oxygens (including phenoxy) is 1. The summed E-state index contributed by atoms with van der Waals surface area (Å²) in [5.41, 5.74) is -4.51. The van der Waals surface area contributed by atoms with Gasteiger partial charge in [0.25, 0.3) is 5.91 Å². The van der Waals surface area contributed by atoms with E-state index in [0.29, 0.717) is 5.02 Å². The second-order valence-electron chi connectivity index (χ2n) is 6.09. The molecule has 1 aromatic heterocycles. The van der Waals surface area contributed by atoms with Crippen LogP contribution < -0.4 is 10.1 Å². The number of amides is 1. The zero-order valence-corrected chi connectivity index (χ0v) is 16.7. The molecule has 1 heterocycles. The minimum Gasteiger partial charge on any atom is -0.484 e. The maximum absolute atomic E-state index is 13.9. The Balaban J connectivity index is 1.78. The van der Waals surface area contributed by atoms with Crippen LogP contribution in [0.15, 0.2) is 34.7 Å². The number of nitrogens with one attached hydrogen (secondary N) is 1. The van der Waals surface area contributed by atoms with Gasteiger partial charge in [-0.3, -0.25) is 4.79 Å². The van der Waals surface area contributed by atoms with Gasteiger partial charge in [0, 0.05) is 5.02 Å². The second-order valence-corrected chi connectivity index (χ2v) is 6.93. The van der Waals surface area contributed by atoms with E-state index >= 15 is 0 Å². The molecule has 0 bridgehead atoms. The molecule has 0 fully saturated rings. The maximum atomic E-state index is 13.9. The van der Waals surface area contributed by atoms with E-state index in [1.54, 1.807) is 0 Å². The van der Waals surface area contributed by atoms with Crippen LogP contribution in [0.3, 0.4) is 0 Å². The Morgan fingerprint density at radius 3 is 2.16 bits per heavy atom. The van der Waals surface area contributed by atoms with Crippen molar-refractivity contribution in [1.82, 2.24) is 0 Å². The van der Waals surface area contributed by atoms with Crippen molar-refractivity contribution in [3.8, 4) is 5.75 Å². The molecule has 4 nitrogen and oxygen atoms in total. The molecule has 170 valence electrons. The largest absolute Gasteiger partial charge is 0.484 e. The van der Waals surface area contributed by atoms with Crippen LogP contribution in [-0.2, 0) is 12.8 Å². The van der Waals surface area contributed by atoms with Crippen LogP contribution in [0.5, 0.6) is 5.75 Å². The number of halogens is 9. The van der Waals surface area contributed by atoms with Crippen molar-refractivity contribution in [2.45, 2.75) is 12.8 Å². The number of rotatable bonds is 5. The highest BCUT2D eigenvalue weighted by molar-refractivity contribution is 6.35. The van der Waals surface area contributed by atoms with Crippen LogP contribution in [0.4, 0.5) is 36.4 Å². The molecule has 3 aromatic rings. The van der Waals surface area contributed by atoms with Crippen LogP contribution in [0.1, 0.15) is 21.9 Å². The average molecular weight is 502 g/mol. The van der Waals surface area contributed by atoms with E-state index < -0.39 is 52.4 Å². The number of hydrogen-bond donors (Lipinski definition) is 1. The van der Waals surface area contributed by atoms with Gasteiger partial charge in [-0.2, -0.15) is 13.2 Å². The number of furan rings is 1. The number of carbonyl (C=O) groups excluding carboxylic acids is 1. The fourth-order valence-corrected chi connectivity index (χ4v) is 2.95. The topological polar surface area (TPSA) is 51.5 Å². The van der Waals surface area contributed by atoms with E-state index in [0.717, 1.165) is 6.07 Å². The third-order valence-electron chi connectivity index (χ3n) is 3.93. The number of alkyl halides is 3. The Morgan fingerprint density at radius 2 is 1.59 bits per heavy atom. The third-order valence-corrected chi connectivity index (χ3v) is 4.47. The van der Waals surface area contributed by atoms with Gasteiger partial charge in [0.2, 0.25) is 0 Å². The number of hydrogen-bond acceptors (Lipinski definition) is 3. The molecule has 2 aromatic carbocycles. The molecule has 3 rings (SSSR count). The quantitative estimate of drug-likeness (QED) is 0.302. The first-order chi connectivity index (χ1) is 14.9. The monoisotopic (exact) mass is 501 g/mol. The summed E-state index contributed by atoms with van der Waals surface area (Å²) in [5, 5.41) is 1.99. The van der Waals surface area contributed by atoms with Crippen LogP contribution in [0.25, 0.3) is 0 Å². The van der Waals surface area contributed by atoms with Crippen LogP contribution >= 0.6 is 23.2 Å². The van der Waals surface area contributed by atoms with Crippen LogP contribution in [0.2, 0.25) is 10.0 Å². The summed E-state index contributed by atoms with van der Waals surface area (Å²) in [6.45, 7) is -0.249. The van der Waals surface area contributed by atoms with Crippen molar-refractivity contribution in [1.29, 1.82) is 0 Å². The highest BCUT2D eigenvalue weighted by atomic mass is 35.5. The number of benzene rings is 2. The van der Waals surface area contributed by atoms with Gasteiger partial charge < -0.3 is 14.5 Å². The molecule has 0 spiro atoms. The lowest BCUT2D eigenvalue weighted by atomic mass is 10.1. The minimum absolute atomic E-state index is 0.0342. The fourth-order valence-electron chi connectivity index (χ4n) is 2.48. The van der Waals surface area contributed by atoms with Gasteiger partial charge in [-0.15, -0.1) is 0 Å². The number of anilines is 1. The summed E-state index contributed by atoms with van der Waals surface area (Å²) in [7, 11) is 0. The summed E-state index contributed by atoms with van der Waals surface area (Å²) in [6, 6.07) is 6.63. The van der Waals surface area contributed by atoms with Gasteiger partial charge in [-0.25, -0.2) is 17.6 Å². The standard InChI is InChI=1S/C19H8Cl2F7NO3/c20-7-1-3-10(9(21)5-7)31-6-8-2-4-11(32-8)18(30)29-17-15(24)13(22)12(19(26,27)28)14(23)16(17)25/h1-5H,6H2,(H,29,30). The van der Waals surface area contributed by atoms with Gasteiger partial charge in [-0.05, 0) is 30.3 Å². The van der Waals surface area contributed by atoms with E-state index in [2.05, 4.69) is 0 Å². The molecule has 0 aliphatic rings. The Hall–Kier alpha value is -2.92. The van der Waals surface area contributed by atoms with Gasteiger partial charge in [-0.1, -0.05) is 23.2 Å². The third kappa shape index (κ3) is 4.78. The first-order valence-electron chi connectivity index (χ1n) is 8.31. The molecule has 0 aliphatic heterocycles. The number of carbonyl (C=O) groups is 1. The van der Waals surface area contributed by atoms with Crippen molar-refractivity contribution in [2.24, 2.45) is 0 Å². The lowest BCUT2D eigenvalue weighted by Crippen LogP contribution is -2.20. The van der Waals surface area contributed by atoms with E-state index in [9.17, 15) is 35.5 Å². The van der Waals surface area contributed by atoms with Crippen molar-refractivity contribution in [2.75, 3.05) is 5.32 Å². The lowest BCUT2D eigenvalue weighted by molar-refractivity contribution is -0.143. The smallest absolute Gasteiger partial charge is 0.422 e. The summed E-state index contributed by atoms with van der Waals surface area (Å²) in [6.07, 6.45) is -5.71. The highest BCUT2D eigenvalue weighted by Gasteiger charge is 2.42. The lowest BCUT2D eigenvalue weighted by Gasteiger charge is -2.14.